The highest BCUT2D eigenvalue weighted by atomic mass is 127. The van der Waals surface area contributed by atoms with Crippen molar-refractivity contribution in [3.63, 3.8) is 0 Å². The van der Waals surface area contributed by atoms with Crippen molar-refractivity contribution in [2.75, 3.05) is 39.3 Å². The summed E-state index contributed by atoms with van der Waals surface area (Å²) in [4.78, 5) is 6.63. The minimum absolute atomic E-state index is 0. The van der Waals surface area contributed by atoms with Gasteiger partial charge < -0.3 is 14.7 Å². The third-order valence-corrected chi connectivity index (χ3v) is 6.50. The van der Waals surface area contributed by atoms with Gasteiger partial charge in [-0.2, -0.15) is 4.31 Å². The molecule has 11 heteroatoms. The van der Waals surface area contributed by atoms with Gasteiger partial charge in [-0.3, -0.25) is 4.99 Å². The largest absolute Gasteiger partial charge is 0.364 e. The molecule has 0 spiro atoms. The maximum absolute atomic E-state index is 13.8. The molecule has 0 unspecified atom stereocenters. The Morgan fingerprint density at radius 1 is 1.23 bits per heavy atom. The van der Waals surface area contributed by atoms with Gasteiger partial charge in [0.15, 0.2) is 5.96 Å². The molecule has 0 aliphatic carbocycles. The molecule has 1 aliphatic heterocycles. The molecule has 1 aromatic heterocycles. The monoisotopic (exact) mass is 551 g/mol. The maximum atomic E-state index is 13.8. The number of piperazine rings is 1. The number of hydrogen-bond acceptors (Lipinski definition) is 5. The van der Waals surface area contributed by atoms with Crippen LogP contribution < -0.4 is 5.32 Å². The summed E-state index contributed by atoms with van der Waals surface area (Å²) >= 11 is 0. The first-order valence-corrected chi connectivity index (χ1v) is 11.2. The van der Waals surface area contributed by atoms with Crippen molar-refractivity contribution < 1.29 is 17.3 Å². The molecule has 1 N–H and O–H groups in total. The maximum Gasteiger partial charge on any atom is 0.220 e. The van der Waals surface area contributed by atoms with Gasteiger partial charge in [-0.25, -0.2) is 12.8 Å². The third-order valence-electron chi connectivity index (χ3n) is 4.69. The van der Waals surface area contributed by atoms with Gasteiger partial charge in [0.2, 0.25) is 10.0 Å². The van der Waals surface area contributed by atoms with Crippen LogP contribution in [0.3, 0.4) is 0 Å². The van der Waals surface area contributed by atoms with Crippen LogP contribution in [-0.2, 0) is 22.2 Å². The van der Waals surface area contributed by atoms with E-state index in [1.165, 1.54) is 16.6 Å². The zero-order chi connectivity index (χ0) is 20.7. The lowest BCUT2D eigenvalue weighted by Crippen LogP contribution is -2.54. The molecule has 166 valence electrons. The van der Waals surface area contributed by atoms with Gasteiger partial charge in [0.05, 0.1) is 5.69 Å². The van der Waals surface area contributed by atoms with Crippen LogP contribution in [0.1, 0.15) is 18.2 Å². The summed E-state index contributed by atoms with van der Waals surface area (Å²) in [6.45, 7) is 4.94. The van der Waals surface area contributed by atoms with Crippen LogP contribution in [0.15, 0.2) is 46.1 Å². The molecule has 30 heavy (non-hydrogen) atoms. The number of benzene rings is 1. The zero-order valence-electron chi connectivity index (χ0n) is 16.8. The third kappa shape index (κ3) is 6.64. The van der Waals surface area contributed by atoms with Crippen molar-refractivity contribution in [3.8, 4) is 0 Å². The molecule has 0 bridgehead atoms. The Hall–Kier alpha value is -1.73. The Bertz CT molecular complexity index is 916. The van der Waals surface area contributed by atoms with E-state index in [0.717, 1.165) is 5.96 Å². The van der Waals surface area contributed by atoms with E-state index < -0.39 is 10.0 Å². The van der Waals surface area contributed by atoms with Crippen LogP contribution in [0, 0.1) is 5.82 Å². The zero-order valence-corrected chi connectivity index (χ0v) is 20.0. The number of hydrogen-bond donors (Lipinski definition) is 1. The molecule has 0 amide bonds. The van der Waals surface area contributed by atoms with Crippen molar-refractivity contribution in [3.05, 3.63) is 53.7 Å². The van der Waals surface area contributed by atoms with E-state index in [0.29, 0.717) is 56.9 Å². The molecule has 2 heterocycles. The van der Waals surface area contributed by atoms with E-state index in [1.54, 1.807) is 18.2 Å². The van der Waals surface area contributed by atoms with E-state index in [9.17, 15) is 12.8 Å². The summed E-state index contributed by atoms with van der Waals surface area (Å²) in [6, 6.07) is 8.24. The van der Waals surface area contributed by atoms with Gasteiger partial charge in [0, 0.05) is 45.3 Å². The molecule has 0 radical (unpaired) electrons. The van der Waals surface area contributed by atoms with Gasteiger partial charge in [0.1, 0.15) is 17.8 Å². The Morgan fingerprint density at radius 3 is 2.60 bits per heavy atom. The first kappa shape index (κ1) is 24.5. The Kier molecular flexibility index (Phi) is 9.49. The second-order valence-electron chi connectivity index (χ2n) is 6.71. The molecule has 1 saturated heterocycles. The van der Waals surface area contributed by atoms with Crippen LogP contribution in [0.2, 0.25) is 0 Å². The molecule has 1 aromatic carbocycles. The Morgan fingerprint density at radius 2 is 1.97 bits per heavy atom. The summed E-state index contributed by atoms with van der Waals surface area (Å²) in [6.07, 6.45) is 1.87. The number of nitrogens with one attached hydrogen (secondary N) is 1. The smallest absolute Gasteiger partial charge is 0.220 e. The quantitative estimate of drug-likeness (QED) is 0.322. The van der Waals surface area contributed by atoms with E-state index in [2.05, 4.69) is 15.5 Å². The highest BCUT2D eigenvalue weighted by Crippen LogP contribution is 2.13. The molecular weight excluding hydrogens is 524 g/mol. The molecule has 8 nitrogen and oxygen atoms in total. The van der Waals surface area contributed by atoms with Crippen LogP contribution in [0.25, 0.3) is 0 Å². The fourth-order valence-electron chi connectivity index (χ4n) is 3.18. The Labute approximate surface area is 193 Å². The summed E-state index contributed by atoms with van der Waals surface area (Å²) in [5, 5.41) is 6.92. The minimum Gasteiger partial charge on any atom is -0.364 e. The lowest BCUT2D eigenvalue weighted by Gasteiger charge is -2.35. The second kappa shape index (κ2) is 11.6. The van der Waals surface area contributed by atoms with Crippen LogP contribution in [0.5, 0.6) is 0 Å². The number of aliphatic imine (C=N–C) groups is 1. The first-order valence-electron chi connectivity index (χ1n) is 9.63. The average molecular weight is 551 g/mol. The van der Waals surface area contributed by atoms with E-state index in [-0.39, 0.29) is 35.5 Å². The SMILES string of the molecule is CCNC(=NCCc1ccccc1F)N1CCN(S(=O)(=O)Cc2ccon2)CC1.I. The number of sulfonamides is 1. The number of halogens is 2. The minimum atomic E-state index is -3.44. The highest BCUT2D eigenvalue weighted by molar-refractivity contribution is 14.0. The molecule has 1 fully saturated rings. The topological polar surface area (TPSA) is 91.0 Å². The second-order valence-corrected chi connectivity index (χ2v) is 8.68. The molecule has 0 saturated carbocycles. The van der Waals surface area contributed by atoms with E-state index >= 15 is 0 Å². The van der Waals surface area contributed by atoms with Crippen molar-refractivity contribution in [1.82, 2.24) is 19.7 Å². The van der Waals surface area contributed by atoms with Crippen LogP contribution in [-0.4, -0.2) is 68.0 Å². The number of guanidine groups is 1. The standard InChI is InChI=1S/C19H26FN5O3S.HI/c1-2-21-19(22-9-7-16-5-3-4-6-18(16)20)24-10-12-25(13-11-24)29(26,27)15-17-8-14-28-23-17;/h3-6,8,14H,2,7,9-13,15H2,1H3,(H,21,22);1H. The summed E-state index contributed by atoms with van der Waals surface area (Å²) in [5.74, 6) is 0.330. The average Bonchev–Trinajstić information content (AvgIpc) is 3.21. The summed E-state index contributed by atoms with van der Waals surface area (Å²) in [7, 11) is -3.44. The van der Waals surface area contributed by atoms with Gasteiger partial charge in [-0.1, -0.05) is 23.4 Å². The highest BCUT2D eigenvalue weighted by Gasteiger charge is 2.28. The Balaban J connectivity index is 0.00000320. The number of aromatic nitrogens is 1. The normalized spacial score (nSPS) is 15.7. The molecule has 2 aromatic rings. The van der Waals surface area contributed by atoms with Gasteiger partial charge in [-0.05, 0) is 25.0 Å². The fraction of sp³-hybridized carbons (Fsp3) is 0.474. The lowest BCUT2D eigenvalue weighted by atomic mass is 10.1. The van der Waals surface area contributed by atoms with Gasteiger partial charge in [-0.15, -0.1) is 24.0 Å². The summed E-state index contributed by atoms with van der Waals surface area (Å²) < 4.78 is 45.1. The predicted octanol–water partition coefficient (Wildman–Crippen LogP) is 2.09. The lowest BCUT2D eigenvalue weighted by molar-refractivity contribution is 0.260. The van der Waals surface area contributed by atoms with E-state index in [1.807, 2.05) is 17.9 Å². The van der Waals surface area contributed by atoms with Crippen LogP contribution >= 0.6 is 24.0 Å². The van der Waals surface area contributed by atoms with Gasteiger partial charge >= 0.3 is 0 Å². The molecule has 3 rings (SSSR count). The van der Waals surface area contributed by atoms with Crippen molar-refractivity contribution in [2.24, 2.45) is 4.99 Å². The van der Waals surface area contributed by atoms with Crippen molar-refractivity contribution in [2.45, 2.75) is 19.1 Å². The number of rotatable bonds is 7. The van der Waals surface area contributed by atoms with Crippen molar-refractivity contribution >= 4 is 40.0 Å². The molecule has 1 aliphatic rings. The first-order chi connectivity index (χ1) is 14.0. The fourth-order valence-corrected chi connectivity index (χ4v) is 4.60. The van der Waals surface area contributed by atoms with Crippen molar-refractivity contribution in [1.29, 1.82) is 0 Å². The van der Waals surface area contributed by atoms with Gasteiger partial charge in [0.25, 0.3) is 0 Å². The predicted molar refractivity (Wildman–Crippen MR) is 124 cm³/mol. The molecule has 0 atom stereocenters. The summed E-state index contributed by atoms with van der Waals surface area (Å²) in [5.41, 5.74) is 1.03. The molecular formula is C19H27FIN5O3S. The van der Waals surface area contributed by atoms with E-state index in [4.69, 9.17) is 4.52 Å². The number of nitrogens with zero attached hydrogens (tertiary/aromatic N) is 4. The van der Waals surface area contributed by atoms with Crippen LogP contribution in [0.4, 0.5) is 4.39 Å².